The third kappa shape index (κ3) is 4.94. The lowest BCUT2D eigenvalue weighted by molar-refractivity contribution is 0.143. The van der Waals surface area contributed by atoms with Crippen LogP contribution >= 0.6 is 22.7 Å². The molecule has 3 aromatic carbocycles. The number of amides is 2. The molecule has 0 spiro atoms. The predicted molar refractivity (Wildman–Crippen MR) is 150 cm³/mol. The van der Waals surface area contributed by atoms with Gasteiger partial charge in [0.2, 0.25) is 5.88 Å². The van der Waals surface area contributed by atoms with Crippen LogP contribution in [0.3, 0.4) is 0 Å². The first-order valence-corrected chi connectivity index (χ1v) is 13.4. The average Bonchev–Trinajstić information content (AvgIpc) is 3.55. The van der Waals surface area contributed by atoms with Crippen LogP contribution in [0.4, 0.5) is 20.4 Å². The summed E-state index contributed by atoms with van der Waals surface area (Å²) in [6.45, 7) is 0.681. The van der Waals surface area contributed by atoms with Gasteiger partial charge in [-0.15, -0.1) is 11.3 Å². The minimum atomic E-state index is -1.47. The number of carbonyl (C=O) groups excluding carboxylic acids is 1. The third-order valence-electron chi connectivity index (χ3n) is 5.93. The van der Waals surface area contributed by atoms with Crippen molar-refractivity contribution in [1.29, 1.82) is 0 Å². The molecule has 0 bridgehead atoms. The Bertz CT molecular complexity index is 1680. The SMILES string of the molecule is COc1cccc(-c2sc(-c3ccc4c(c3)N(C(=O)Nc3nc5ccccc5s3)CCO4)nc2OC(=O)O)c1. The van der Waals surface area contributed by atoms with Crippen LogP contribution in [-0.4, -0.2) is 47.5 Å². The Morgan fingerprint density at radius 3 is 2.72 bits per heavy atom. The normalized spacial score (nSPS) is 12.5. The number of carbonyl (C=O) groups is 2. The number of carboxylic acid groups (broad SMARTS) is 1. The van der Waals surface area contributed by atoms with Crippen LogP contribution in [0.1, 0.15) is 0 Å². The van der Waals surface area contributed by atoms with E-state index in [1.54, 1.807) is 42.3 Å². The molecule has 0 atom stereocenters. The molecule has 0 saturated heterocycles. The summed E-state index contributed by atoms with van der Waals surface area (Å²) in [7, 11) is 1.56. The Labute approximate surface area is 230 Å². The zero-order chi connectivity index (χ0) is 26.9. The lowest BCUT2D eigenvalue weighted by Gasteiger charge is -2.29. The smallest absolute Gasteiger partial charge is 0.497 e. The molecule has 6 rings (SSSR count). The van der Waals surface area contributed by atoms with Crippen molar-refractivity contribution in [3.8, 4) is 38.4 Å². The Balaban J connectivity index is 1.34. The number of rotatable bonds is 5. The maximum Gasteiger partial charge on any atom is 0.512 e. The van der Waals surface area contributed by atoms with Crippen LogP contribution in [0.2, 0.25) is 0 Å². The zero-order valence-electron chi connectivity index (χ0n) is 20.4. The highest BCUT2D eigenvalue weighted by Gasteiger charge is 2.26. The van der Waals surface area contributed by atoms with Gasteiger partial charge in [0, 0.05) is 11.1 Å². The second-order valence-electron chi connectivity index (χ2n) is 8.35. The third-order valence-corrected chi connectivity index (χ3v) is 8.02. The first kappa shape index (κ1) is 24.6. The van der Waals surface area contributed by atoms with Gasteiger partial charge in [0.25, 0.3) is 0 Å². The Morgan fingerprint density at radius 1 is 1.03 bits per heavy atom. The summed E-state index contributed by atoms with van der Waals surface area (Å²) in [5.41, 5.74) is 2.76. The monoisotopic (exact) mass is 560 g/mol. The van der Waals surface area contributed by atoms with Crippen molar-refractivity contribution in [3.63, 3.8) is 0 Å². The van der Waals surface area contributed by atoms with Crippen LogP contribution in [0.25, 0.3) is 31.2 Å². The van der Waals surface area contributed by atoms with Crippen LogP contribution < -0.4 is 24.4 Å². The second-order valence-corrected chi connectivity index (χ2v) is 10.4. The maximum atomic E-state index is 13.3. The Morgan fingerprint density at radius 2 is 1.90 bits per heavy atom. The lowest BCUT2D eigenvalue weighted by Crippen LogP contribution is -2.40. The molecule has 2 amide bonds. The number of ether oxygens (including phenoxy) is 3. The highest BCUT2D eigenvalue weighted by atomic mass is 32.1. The molecule has 1 aliphatic heterocycles. The van der Waals surface area contributed by atoms with Crippen molar-refractivity contribution in [1.82, 2.24) is 9.97 Å². The number of nitrogens with one attached hydrogen (secondary N) is 1. The van der Waals surface area contributed by atoms with Gasteiger partial charge in [-0.1, -0.05) is 35.6 Å². The van der Waals surface area contributed by atoms with Crippen molar-refractivity contribution >= 4 is 55.9 Å². The molecule has 12 heteroatoms. The summed E-state index contributed by atoms with van der Waals surface area (Å²) in [5.74, 6) is 1.13. The van der Waals surface area contributed by atoms with Crippen molar-refractivity contribution in [2.75, 3.05) is 30.5 Å². The van der Waals surface area contributed by atoms with Gasteiger partial charge in [-0.25, -0.2) is 19.6 Å². The average molecular weight is 561 g/mol. The van der Waals surface area contributed by atoms with E-state index in [4.69, 9.17) is 14.2 Å². The minimum absolute atomic E-state index is 0.0323. The molecule has 0 aliphatic carbocycles. The standard InChI is InChI=1S/C27H20N4O6S2/c1-35-17-6-4-5-15(13-17)22-23(37-27(33)34)29-24(39-22)16-9-10-20-19(14-16)31(11-12-36-20)26(32)30-25-28-18-7-2-3-8-21(18)38-25/h2-10,13-14H,11-12H2,1H3,(H,33,34)(H,28,30,32). The fourth-order valence-electron chi connectivity index (χ4n) is 4.17. The van der Waals surface area contributed by atoms with E-state index < -0.39 is 6.16 Å². The largest absolute Gasteiger partial charge is 0.512 e. The number of hydrogen-bond acceptors (Lipinski definition) is 9. The van der Waals surface area contributed by atoms with E-state index in [0.717, 1.165) is 10.2 Å². The van der Waals surface area contributed by atoms with Gasteiger partial charge >= 0.3 is 12.2 Å². The number of urea groups is 1. The quantitative estimate of drug-likeness (QED) is 0.231. The van der Waals surface area contributed by atoms with E-state index in [1.807, 2.05) is 36.4 Å². The number of thiazole rings is 2. The molecule has 196 valence electrons. The van der Waals surface area contributed by atoms with Crippen molar-refractivity contribution in [3.05, 3.63) is 66.7 Å². The summed E-state index contributed by atoms with van der Waals surface area (Å²) in [5, 5.41) is 13.2. The molecule has 1 aliphatic rings. The number of methoxy groups -OCH3 is 1. The minimum Gasteiger partial charge on any atom is -0.497 e. The number of anilines is 2. The number of aromatic nitrogens is 2. The number of fused-ring (bicyclic) bond motifs is 2. The number of nitrogens with zero attached hydrogens (tertiary/aromatic N) is 3. The van der Waals surface area contributed by atoms with Crippen molar-refractivity contribution in [2.45, 2.75) is 0 Å². The van der Waals surface area contributed by atoms with Gasteiger partial charge in [-0.2, -0.15) is 0 Å². The molecule has 0 fully saturated rings. The fraction of sp³-hybridized carbons (Fsp3) is 0.111. The second kappa shape index (κ2) is 10.2. The van der Waals surface area contributed by atoms with E-state index in [1.165, 1.54) is 22.7 Å². The Kier molecular flexibility index (Phi) is 6.47. The van der Waals surface area contributed by atoms with E-state index in [2.05, 4.69) is 15.3 Å². The van der Waals surface area contributed by atoms with Gasteiger partial charge in [-0.3, -0.25) is 10.2 Å². The van der Waals surface area contributed by atoms with Gasteiger partial charge in [0.05, 0.1) is 34.4 Å². The summed E-state index contributed by atoms with van der Waals surface area (Å²) in [6.07, 6.45) is -1.47. The predicted octanol–water partition coefficient (Wildman–Crippen LogP) is 6.58. The molecule has 0 radical (unpaired) electrons. The van der Waals surface area contributed by atoms with Crippen LogP contribution in [0.5, 0.6) is 17.4 Å². The van der Waals surface area contributed by atoms with Crippen molar-refractivity contribution in [2.24, 2.45) is 0 Å². The first-order valence-electron chi connectivity index (χ1n) is 11.8. The Hall–Kier alpha value is -4.68. The number of para-hydroxylation sites is 1. The lowest BCUT2D eigenvalue weighted by atomic mass is 10.1. The zero-order valence-corrected chi connectivity index (χ0v) is 22.0. The van der Waals surface area contributed by atoms with E-state index >= 15 is 0 Å². The number of hydrogen-bond donors (Lipinski definition) is 2. The van der Waals surface area contributed by atoms with Crippen LogP contribution in [-0.2, 0) is 0 Å². The molecular formula is C27H20N4O6S2. The molecule has 2 N–H and O–H groups in total. The summed E-state index contributed by atoms with van der Waals surface area (Å²) in [4.78, 5) is 35.8. The van der Waals surface area contributed by atoms with Gasteiger partial charge in [-0.05, 0) is 42.5 Å². The molecule has 5 aromatic rings. The van der Waals surface area contributed by atoms with E-state index in [9.17, 15) is 14.7 Å². The van der Waals surface area contributed by atoms with E-state index in [-0.39, 0.29) is 11.9 Å². The topological polar surface area (TPSA) is 123 Å². The molecule has 0 saturated carbocycles. The van der Waals surface area contributed by atoms with E-state index in [0.29, 0.717) is 56.5 Å². The molecule has 3 heterocycles. The molecule has 10 nitrogen and oxygen atoms in total. The summed E-state index contributed by atoms with van der Waals surface area (Å²) >= 11 is 2.67. The highest BCUT2D eigenvalue weighted by Crippen LogP contribution is 2.43. The molecule has 39 heavy (non-hydrogen) atoms. The van der Waals surface area contributed by atoms with Crippen LogP contribution in [0.15, 0.2) is 66.7 Å². The molecular weight excluding hydrogens is 540 g/mol. The molecule has 2 aromatic heterocycles. The number of benzene rings is 3. The highest BCUT2D eigenvalue weighted by molar-refractivity contribution is 7.22. The summed E-state index contributed by atoms with van der Waals surface area (Å²) < 4.78 is 17.1. The first-order chi connectivity index (χ1) is 19.0. The van der Waals surface area contributed by atoms with Crippen molar-refractivity contribution < 1.29 is 28.9 Å². The maximum absolute atomic E-state index is 13.3. The van der Waals surface area contributed by atoms with Gasteiger partial charge in [0.1, 0.15) is 23.1 Å². The summed E-state index contributed by atoms with van der Waals surface area (Å²) in [6, 6.07) is 19.9. The molecule has 0 unspecified atom stereocenters. The van der Waals surface area contributed by atoms with Crippen LogP contribution in [0, 0.1) is 0 Å². The van der Waals surface area contributed by atoms with Gasteiger partial charge < -0.3 is 19.3 Å². The van der Waals surface area contributed by atoms with Gasteiger partial charge in [0.15, 0.2) is 5.13 Å². The fourth-order valence-corrected chi connectivity index (χ4v) is 6.02.